The van der Waals surface area contributed by atoms with E-state index in [1.807, 2.05) is 79.7 Å². The Hall–Kier alpha value is -5.36. The number of nitrogens with zero attached hydrogens (tertiary/aromatic N) is 2. The molecule has 224 valence electrons. The van der Waals surface area contributed by atoms with E-state index in [1.165, 1.54) is 22.3 Å². The van der Waals surface area contributed by atoms with Gasteiger partial charge in [0.1, 0.15) is 0 Å². The minimum Gasteiger partial charge on any atom is -0.350 e. The maximum Gasteiger partial charge on any atom is 0.252 e. The quantitative estimate of drug-likeness (QED) is 0.197. The van der Waals surface area contributed by atoms with Crippen molar-refractivity contribution in [3.05, 3.63) is 130 Å². The summed E-state index contributed by atoms with van der Waals surface area (Å²) in [6, 6.07) is 31.1. The third-order valence-corrected chi connectivity index (χ3v) is 8.47. The summed E-state index contributed by atoms with van der Waals surface area (Å²) in [5.41, 5.74) is 10.8. The van der Waals surface area contributed by atoms with Crippen molar-refractivity contribution in [2.75, 3.05) is 6.54 Å². The molecular formula is C39H36N4O2. The van der Waals surface area contributed by atoms with Gasteiger partial charge in [-0.3, -0.25) is 9.59 Å². The number of benzene rings is 4. The second-order valence-corrected chi connectivity index (χ2v) is 11.8. The molecule has 0 saturated carbocycles. The fourth-order valence-electron chi connectivity index (χ4n) is 5.52. The topological polar surface area (TPSA) is 84.0 Å². The van der Waals surface area contributed by atoms with E-state index >= 15 is 0 Å². The first-order valence-corrected chi connectivity index (χ1v) is 15.2. The molecule has 0 aliphatic rings. The highest BCUT2D eigenvalue weighted by molar-refractivity contribution is 6.08. The summed E-state index contributed by atoms with van der Waals surface area (Å²) in [4.78, 5) is 36.9. The predicted molar refractivity (Wildman–Crippen MR) is 183 cm³/mol. The second kappa shape index (κ2) is 12.3. The Bertz CT molecular complexity index is 2100. The van der Waals surface area contributed by atoms with Crippen LogP contribution in [0, 0.1) is 27.7 Å². The van der Waals surface area contributed by atoms with E-state index in [1.54, 1.807) is 0 Å². The lowest BCUT2D eigenvalue weighted by Gasteiger charge is -2.17. The van der Waals surface area contributed by atoms with Crippen LogP contribution in [0.1, 0.15) is 49.9 Å². The Balaban J connectivity index is 1.23. The highest BCUT2D eigenvalue weighted by Crippen LogP contribution is 2.28. The molecule has 2 N–H and O–H groups in total. The molecule has 0 aliphatic carbocycles. The Morgan fingerprint density at radius 3 is 1.56 bits per heavy atom. The number of hydrogen-bond acceptors (Lipinski definition) is 4. The molecule has 4 aromatic carbocycles. The fraction of sp³-hybridized carbons (Fsp3) is 0.179. The summed E-state index contributed by atoms with van der Waals surface area (Å²) >= 11 is 0. The molecule has 0 spiro atoms. The number of amides is 2. The molecule has 1 atom stereocenters. The van der Waals surface area contributed by atoms with Crippen LogP contribution >= 0.6 is 0 Å². The first-order chi connectivity index (χ1) is 21.7. The number of para-hydroxylation sites is 2. The molecular weight excluding hydrogens is 556 g/mol. The van der Waals surface area contributed by atoms with Gasteiger partial charge in [0.05, 0.1) is 33.5 Å². The maximum atomic E-state index is 13.7. The van der Waals surface area contributed by atoms with Crippen LogP contribution in [-0.2, 0) is 0 Å². The van der Waals surface area contributed by atoms with Crippen LogP contribution in [0.15, 0.2) is 97.1 Å². The summed E-state index contributed by atoms with van der Waals surface area (Å²) < 4.78 is 0. The van der Waals surface area contributed by atoms with Crippen molar-refractivity contribution in [2.24, 2.45) is 0 Å². The van der Waals surface area contributed by atoms with Crippen molar-refractivity contribution in [3.63, 3.8) is 0 Å². The first kappa shape index (κ1) is 29.7. The third kappa shape index (κ3) is 6.18. The predicted octanol–water partition coefficient (Wildman–Crippen LogP) is 7.90. The van der Waals surface area contributed by atoms with Crippen molar-refractivity contribution in [2.45, 2.75) is 40.7 Å². The summed E-state index contributed by atoms with van der Waals surface area (Å²) in [5, 5.41) is 7.68. The number of fused-ring (bicyclic) bond motifs is 2. The van der Waals surface area contributed by atoms with E-state index in [-0.39, 0.29) is 24.4 Å². The van der Waals surface area contributed by atoms with Crippen molar-refractivity contribution in [1.29, 1.82) is 0 Å². The van der Waals surface area contributed by atoms with Crippen molar-refractivity contribution >= 4 is 33.6 Å². The summed E-state index contributed by atoms with van der Waals surface area (Å²) in [5.74, 6) is -0.432. The van der Waals surface area contributed by atoms with Crippen LogP contribution in [0.5, 0.6) is 0 Å². The van der Waals surface area contributed by atoms with Crippen LogP contribution in [0.3, 0.4) is 0 Å². The Morgan fingerprint density at radius 1 is 0.600 bits per heavy atom. The van der Waals surface area contributed by atoms with Crippen LogP contribution in [-0.4, -0.2) is 34.4 Å². The average molecular weight is 593 g/mol. The lowest BCUT2D eigenvalue weighted by molar-refractivity contribution is 0.0914. The van der Waals surface area contributed by atoms with Gasteiger partial charge in [-0.1, -0.05) is 60.7 Å². The van der Waals surface area contributed by atoms with Gasteiger partial charge in [0.15, 0.2) is 0 Å². The molecule has 6 heteroatoms. The van der Waals surface area contributed by atoms with Gasteiger partial charge >= 0.3 is 0 Å². The van der Waals surface area contributed by atoms with Gasteiger partial charge in [0.2, 0.25) is 0 Å². The first-order valence-electron chi connectivity index (χ1n) is 15.2. The molecule has 0 aliphatic heterocycles. The van der Waals surface area contributed by atoms with Crippen molar-refractivity contribution in [3.8, 4) is 22.5 Å². The molecule has 45 heavy (non-hydrogen) atoms. The number of rotatable bonds is 7. The van der Waals surface area contributed by atoms with Crippen LogP contribution < -0.4 is 10.6 Å². The standard InChI is InChI=1S/C39H36N4O2/c1-23-14-16-28(18-25(23)3)36-20-32(30-10-6-8-12-34(30)42-36)38(44)40-22-27(5)41-39(45)33-21-37(29-17-15-24(2)26(4)19-29)43-35-13-9-7-11-31(33)35/h6-21,27H,22H2,1-5H3,(H,40,44)(H,41,45)/t27-/m0/s1. The number of carbonyl (C=O) groups is 2. The molecule has 0 radical (unpaired) electrons. The summed E-state index contributed by atoms with van der Waals surface area (Å²) in [6.45, 7) is 10.4. The molecule has 6 rings (SSSR count). The van der Waals surface area contributed by atoms with E-state index < -0.39 is 0 Å². The van der Waals surface area contributed by atoms with Crippen molar-refractivity contribution < 1.29 is 9.59 Å². The maximum absolute atomic E-state index is 13.7. The summed E-state index contributed by atoms with van der Waals surface area (Å²) in [6.07, 6.45) is 0. The molecule has 2 heterocycles. The smallest absolute Gasteiger partial charge is 0.252 e. The van der Waals surface area contributed by atoms with Gasteiger partial charge in [0, 0.05) is 34.5 Å². The average Bonchev–Trinajstić information content (AvgIpc) is 3.05. The number of aromatic nitrogens is 2. The Labute approximate surface area is 263 Å². The van der Waals surface area contributed by atoms with E-state index in [9.17, 15) is 9.59 Å². The van der Waals surface area contributed by atoms with Gasteiger partial charge in [-0.25, -0.2) is 9.97 Å². The van der Waals surface area contributed by atoms with Gasteiger partial charge < -0.3 is 10.6 Å². The molecule has 6 nitrogen and oxygen atoms in total. The number of pyridine rings is 2. The van der Waals surface area contributed by atoms with Gasteiger partial charge in [0.25, 0.3) is 11.8 Å². The Morgan fingerprint density at radius 2 is 1.07 bits per heavy atom. The molecule has 0 bridgehead atoms. The molecule has 0 saturated heterocycles. The lowest BCUT2D eigenvalue weighted by Crippen LogP contribution is -2.42. The van der Waals surface area contributed by atoms with E-state index in [4.69, 9.17) is 9.97 Å². The molecule has 0 unspecified atom stereocenters. The fourth-order valence-corrected chi connectivity index (χ4v) is 5.52. The largest absolute Gasteiger partial charge is 0.350 e. The zero-order valence-corrected chi connectivity index (χ0v) is 26.2. The normalized spacial score (nSPS) is 11.8. The highest BCUT2D eigenvalue weighted by atomic mass is 16.2. The van der Waals surface area contributed by atoms with Crippen LogP contribution in [0.2, 0.25) is 0 Å². The van der Waals surface area contributed by atoms with Crippen LogP contribution in [0.25, 0.3) is 44.3 Å². The number of hydrogen-bond donors (Lipinski definition) is 2. The third-order valence-electron chi connectivity index (χ3n) is 8.47. The zero-order valence-electron chi connectivity index (χ0n) is 26.2. The molecule has 6 aromatic rings. The Kier molecular flexibility index (Phi) is 8.14. The summed E-state index contributed by atoms with van der Waals surface area (Å²) in [7, 11) is 0. The minimum absolute atomic E-state index is 0.216. The minimum atomic E-state index is -0.328. The van der Waals surface area contributed by atoms with Crippen molar-refractivity contribution in [1.82, 2.24) is 20.6 Å². The van der Waals surface area contributed by atoms with Crippen LogP contribution in [0.4, 0.5) is 0 Å². The second-order valence-electron chi connectivity index (χ2n) is 11.8. The molecule has 2 aromatic heterocycles. The monoisotopic (exact) mass is 592 g/mol. The lowest BCUT2D eigenvalue weighted by atomic mass is 10.0. The zero-order chi connectivity index (χ0) is 31.7. The van der Waals surface area contributed by atoms with Gasteiger partial charge in [-0.2, -0.15) is 0 Å². The number of aryl methyl sites for hydroxylation is 4. The molecule has 2 amide bonds. The van der Waals surface area contributed by atoms with Gasteiger partial charge in [-0.05, 0) is 93.3 Å². The molecule has 0 fully saturated rings. The van der Waals surface area contributed by atoms with E-state index in [2.05, 4.69) is 62.6 Å². The van der Waals surface area contributed by atoms with Gasteiger partial charge in [-0.15, -0.1) is 0 Å². The SMILES string of the molecule is Cc1ccc(-c2cc(C(=O)NC[C@H](C)NC(=O)c3cc(-c4ccc(C)c(C)c4)nc4ccccc34)c3ccccc3n2)cc1C. The number of nitrogens with one attached hydrogen (secondary N) is 2. The highest BCUT2D eigenvalue weighted by Gasteiger charge is 2.19. The number of carbonyl (C=O) groups excluding carboxylic acids is 2. The van der Waals surface area contributed by atoms with E-state index in [0.29, 0.717) is 11.1 Å². The van der Waals surface area contributed by atoms with E-state index in [0.717, 1.165) is 44.3 Å².